The van der Waals surface area contributed by atoms with Crippen LogP contribution in [-0.4, -0.2) is 6.54 Å². The fourth-order valence-electron chi connectivity index (χ4n) is 1.53. The molecule has 0 amide bonds. The molecule has 76 valence electrons. The Kier molecular flexibility index (Phi) is 2.82. The fraction of sp³-hybridized carbons (Fsp3) is 0.500. The molecule has 0 aromatic heterocycles. The first-order valence-corrected chi connectivity index (χ1v) is 5.24. The number of hydrogen-bond donors (Lipinski definition) is 1. The highest BCUT2D eigenvalue weighted by Crippen LogP contribution is 2.28. The molecular formula is C12H16FN. The van der Waals surface area contributed by atoms with E-state index in [0.717, 1.165) is 18.0 Å². The summed E-state index contributed by atoms with van der Waals surface area (Å²) < 4.78 is 12.7. The Morgan fingerprint density at radius 3 is 2.57 bits per heavy atom. The highest BCUT2D eigenvalue weighted by molar-refractivity contribution is 5.19. The van der Waals surface area contributed by atoms with Crippen LogP contribution in [0.2, 0.25) is 0 Å². The van der Waals surface area contributed by atoms with E-state index in [4.69, 9.17) is 0 Å². The molecule has 1 unspecified atom stereocenters. The van der Waals surface area contributed by atoms with Gasteiger partial charge in [-0.05, 0) is 49.9 Å². The summed E-state index contributed by atoms with van der Waals surface area (Å²) in [6.45, 7) is 3.22. The Labute approximate surface area is 84.3 Å². The Morgan fingerprint density at radius 2 is 2.00 bits per heavy atom. The third-order valence-electron chi connectivity index (χ3n) is 2.78. The molecule has 0 spiro atoms. The summed E-state index contributed by atoms with van der Waals surface area (Å²) in [6.07, 6.45) is 2.73. The normalized spacial score (nSPS) is 18.1. The first-order valence-electron chi connectivity index (χ1n) is 5.24. The molecule has 0 saturated heterocycles. The van der Waals surface area contributed by atoms with E-state index in [1.54, 1.807) is 0 Å². The van der Waals surface area contributed by atoms with E-state index in [0.29, 0.717) is 6.04 Å². The molecule has 1 fully saturated rings. The minimum atomic E-state index is -0.164. The molecule has 1 aromatic rings. The molecule has 1 nitrogen and oxygen atoms in total. The minimum absolute atomic E-state index is 0.164. The molecule has 0 radical (unpaired) electrons. The number of benzene rings is 1. The second-order valence-corrected chi connectivity index (χ2v) is 4.12. The van der Waals surface area contributed by atoms with Crippen molar-refractivity contribution >= 4 is 0 Å². The van der Waals surface area contributed by atoms with Crippen molar-refractivity contribution in [3.8, 4) is 0 Å². The van der Waals surface area contributed by atoms with Crippen molar-refractivity contribution in [1.82, 2.24) is 5.32 Å². The molecule has 1 saturated carbocycles. The predicted molar refractivity (Wildman–Crippen MR) is 55.5 cm³/mol. The van der Waals surface area contributed by atoms with Crippen LogP contribution < -0.4 is 5.32 Å². The van der Waals surface area contributed by atoms with Crippen LogP contribution in [0.15, 0.2) is 24.3 Å². The second-order valence-electron chi connectivity index (χ2n) is 4.12. The molecule has 2 rings (SSSR count). The average molecular weight is 193 g/mol. The molecule has 1 aliphatic rings. The van der Waals surface area contributed by atoms with Gasteiger partial charge in [-0.25, -0.2) is 4.39 Å². The van der Waals surface area contributed by atoms with Gasteiger partial charge in [0.05, 0.1) is 0 Å². The van der Waals surface area contributed by atoms with Crippen LogP contribution in [0.1, 0.15) is 31.4 Å². The molecule has 0 bridgehead atoms. The highest BCUT2D eigenvalue weighted by atomic mass is 19.1. The van der Waals surface area contributed by atoms with Crippen molar-refractivity contribution in [1.29, 1.82) is 0 Å². The maximum atomic E-state index is 12.7. The van der Waals surface area contributed by atoms with E-state index in [-0.39, 0.29) is 5.82 Å². The molecule has 0 aliphatic heterocycles. The number of nitrogens with one attached hydrogen (secondary N) is 1. The summed E-state index contributed by atoms with van der Waals surface area (Å²) in [6, 6.07) is 7.06. The molecule has 1 aromatic carbocycles. The zero-order valence-electron chi connectivity index (χ0n) is 8.46. The van der Waals surface area contributed by atoms with Gasteiger partial charge in [-0.1, -0.05) is 12.1 Å². The molecular weight excluding hydrogens is 177 g/mol. The van der Waals surface area contributed by atoms with Gasteiger partial charge in [-0.2, -0.15) is 0 Å². The summed E-state index contributed by atoms with van der Waals surface area (Å²) in [4.78, 5) is 0. The Hall–Kier alpha value is -0.890. The van der Waals surface area contributed by atoms with Crippen LogP contribution in [-0.2, 0) is 0 Å². The van der Waals surface area contributed by atoms with E-state index < -0.39 is 0 Å². The summed E-state index contributed by atoms with van der Waals surface area (Å²) in [7, 11) is 0. The topological polar surface area (TPSA) is 12.0 Å². The number of halogens is 1. The first-order chi connectivity index (χ1) is 6.75. The summed E-state index contributed by atoms with van der Waals surface area (Å²) in [5.74, 6) is 0.723. The largest absolute Gasteiger partial charge is 0.310 e. The third kappa shape index (κ3) is 2.55. The van der Waals surface area contributed by atoms with E-state index >= 15 is 0 Å². The molecule has 14 heavy (non-hydrogen) atoms. The van der Waals surface area contributed by atoms with Crippen molar-refractivity contribution in [3.05, 3.63) is 35.6 Å². The molecule has 1 aliphatic carbocycles. The predicted octanol–water partition coefficient (Wildman–Crippen LogP) is 2.89. The summed E-state index contributed by atoms with van der Waals surface area (Å²) in [5.41, 5.74) is 1.16. The quantitative estimate of drug-likeness (QED) is 0.775. The lowest BCUT2D eigenvalue weighted by atomic mass is 10.1. The van der Waals surface area contributed by atoms with E-state index in [9.17, 15) is 4.39 Å². The molecule has 0 heterocycles. The summed E-state index contributed by atoms with van der Waals surface area (Å²) >= 11 is 0. The lowest BCUT2D eigenvalue weighted by molar-refractivity contribution is 0.547. The smallest absolute Gasteiger partial charge is 0.123 e. The van der Waals surface area contributed by atoms with Gasteiger partial charge in [0.15, 0.2) is 0 Å². The van der Waals surface area contributed by atoms with Gasteiger partial charge in [-0.15, -0.1) is 0 Å². The van der Waals surface area contributed by atoms with Gasteiger partial charge >= 0.3 is 0 Å². The zero-order valence-corrected chi connectivity index (χ0v) is 8.46. The van der Waals surface area contributed by atoms with Crippen LogP contribution >= 0.6 is 0 Å². The molecule has 1 atom stereocenters. The Balaban J connectivity index is 1.88. The minimum Gasteiger partial charge on any atom is -0.310 e. The van der Waals surface area contributed by atoms with Crippen molar-refractivity contribution in [2.75, 3.05) is 6.54 Å². The second kappa shape index (κ2) is 4.09. The lowest BCUT2D eigenvalue weighted by Crippen LogP contribution is -2.20. The van der Waals surface area contributed by atoms with Crippen molar-refractivity contribution < 1.29 is 4.39 Å². The van der Waals surface area contributed by atoms with Gasteiger partial charge in [0.2, 0.25) is 0 Å². The van der Waals surface area contributed by atoms with Gasteiger partial charge < -0.3 is 5.32 Å². The van der Waals surface area contributed by atoms with E-state index in [2.05, 4.69) is 12.2 Å². The summed E-state index contributed by atoms with van der Waals surface area (Å²) in [5, 5.41) is 3.46. The molecule has 1 N–H and O–H groups in total. The van der Waals surface area contributed by atoms with Crippen molar-refractivity contribution in [2.24, 2.45) is 5.92 Å². The van der Waals surface area contributed by atoms with E-state index in [1.165, 1.54) is 25.0 Å². The Morgan fingerprint density at radius 1 is 1.36 bits per heavy atom. The highest BCUT2D eigenvalue weighted by Gasteiger charge is 2.21. The maximum absolute atomic E-state index is 12.7. The van der Waals surface area contributed by atoms with Gasteiger partial charge in [0.1, 0.15) is 5.82 Å². The van der Waals surface area contributed by atoms with E-state index in [1.807, 2.05) is 12.1 Å². The van der Waals surface area contributed by atoms with Crippen LogP contribution in [0.4, 0.5) is 4.39 Å². The molecule has 2 heteroatoms. The lowest BCUT2D eigenvalue weighted by Gasteiger charge is -2.13. The van der Waals surface area contributed by atoms with Crippen LogP contribution in [0.25, 0.3) is 0 Å². The van der Waals surface area contributed by atoms with Crippen LogP contribution in [0.3, 0.4) is 0 Å². The van der Waals surface area contributed by atoms with Gasteiger partial charge in [0, 0.05) is 6.04 Å². The Bertz CT molecular complexity index is 290. The first kappa shape index (κ1) is 9.66. The SMILES string of the molecule is CC(NCC1CC1)c1ccc(F)cc1. The third-order valence-corrected chi connectivity index (χ3v) is 2.78. The number of hydrogen-bond acceptors (Lipinski definition) is 1. The average Bonchev–Trinajstić information content (AvgIpc) is 2.99. The van der Waals surface area contributed by atoms with Gasteiger partial charge in [0.25, 0.3) is 0 Å². The number of rotatable bonds is 4. The van der Waals surface area contributed by atoms with Crippen LogP contribution in [0.5, 0.6) is 0 Å². The zero-order chi connectivity index (χ0) is 9.97. The van der Waals surface area contributed by atoms with Crippen molar-refractivity contribution in [3.63, 3.8) is 0 Å². The monoisotopic (exact) mass is 193 g/mol. The maximum Gasteiger partial charge on any atom is 0.123 e. The standard InChI is InChI=1S/C12H16FN/c1-9(14-8-10-2-3-10)11-4-6-12(13)7-5-11/h4-7,9-10,14H,2-3,8H2,1H3. The van der Waals surface area contributed by atoms with Crippen LogP contribution in [0, 0.1) is 11.7 Å². The van der Waals surface area contributed by atoms with Gasteiger partial charge in [-0.3, -0.25) is 0 Å². The van der Waals surface area contributed by atoms with Crippen molar-refractivity contribution in [2.45, 2.75) is 25.8 Å². The fourth-order valence-corrected chi connectivity index (χ4v) is 1.53.